The number of sulfone groups is 1. The summed E-state index contributed by atoms with van der Waals surface area (Å²) in [4.78, 5) is 0.720. The number of hydrogen-bond acceptors (Lipinski definition) is 3. The number of benzene rings is 10. The summed E-state index contributed by atoms with van der Waals surface area (Å²) >= 11 is 0. The predicted octanol–water partition coefficient (Wildman–Crippen LogP) is 27.2. The molecule has 0 spiro atoms. The highest BCUT2D eigenvalue weighted by atomic mass is 32.2. The van der Waals surface area contributed by atoms with Gasteiger partial charge in [0.1, 0.15) is 11.5 Å². The van der Waals surface area contributed by atoms with Crippen LogP contribution in [-0.4, -0.2) is 20.8 Å². The van der Waals surface area contributed by atoms with Gasteiger partial charge in [-0.05, 0) is 332 Å². The highest BCUT2D eigenvalue weighted by Crippen LogP contribution is 2.56. The second-order valence-electron chi connectivity index (χ2n) is 26.8. The highest BCUT2D eigenvalue weighted by molar-refractivity contribution is 7.91. The van der Waals surface area contributed by atoms with E-state index in [1.54, 1.807) is 38.1 Å². The van der Waals surface area contributed by atoms with Crippen molar-refractivity contribution in [2.45, 2.75) is 215 Å². The molecule has 3 nitrogen and oxygen atoms in total. The summed E-state index contributed by atoms with van der Waals surface area (Å²) in [5, 5.41) is 0. The minimum atomic E-state index is -5.55. The Morgan fingerprint density at radius 1 is 0.250 bits per heavy atom. The predicted molar refractivity (Wildman–Crippen MR) is 416 cm³/mol. The third kappa shape index (κ3) is 20.8. The normalized spacial score (nSPS) is 11.2. The molecule has 10 heteroatoms. The first-order valence-corrected chi connectivity index (χ1v) is 33.9. The Balaban J connectivity index is 0.000000424. The molecule has 100 heavy (non-hydrogen) atoms. The molecule has 538 valence electrons. The van der Waals surface area contributed by atoms with Gasteiger partial charge in [0.25, 0.3) is 0 Å². The third-order valence-electron chi connectivity index (χ3n) is 19.3. The molecular formula is C90H112F6O3S. The summed E-state index contributed by atoms with van der Waals surface area (Å²) in [7, 11) is -3.42. The van der Waals surface area contributed by atoms with Crippen LogP contribution in [-0.2, 0) is 20.7 Å². The maximum absolute atomic E-state index is 14.0. The quantitative estimate of drug-likeness (QED) is 0.135. The van der Waals surface area contributed by atoms with Crippen molar-refractivity contribution < 1.29 is 39.5 Å². The van der Waals surface area contributed by atoms with Gasteiger partial charge >= 0.3 is 12.4 Å². The summed E-state index contributed by atoms with van der Waals surface area (Å²) in [6.07, 6.45) is -11.1. The molecule has 10 aromatic carbocycles. The van der Waals surface area contributed by atoms with Crippen LogP contribution >= 0.6 is 0 Å². The van der Waals surface area contributed by atoms with Gasteiger partial charge in [0.05, 0.1) is 9.79 Å². The van der Waals surface area contributed by atoms with E-state index in [-0.39, 0.29) is 35.1 Å². The summed E-state index contributed by atoms with van der Waals surface area (Å²) in [5.41, 5.74) is 21.9. The van der Waals surface area contributed by atoms with Crippen LogP contribution in [0.25, 0.3) is 11.1 Å². The standard InChI is InChI=1S/C19H18F6.C19H24.C16H18O2S.C16H18O.C16H18.4CH4/c1-11-5-7-15(9-13(11)3)17(18(20,21)22,19(23,24)25)16-8-6-12(2)14(4)10-16;1-13-7-9-17(11-15(13)3)19(5,6)18-10-8-14(2)16(4)12-18;1-11-5-7-15(9-13(11)3)19(17,18)16-8-6-12(2)14(4)10-16;1-11-5-7-15(9-13(11)3)17-16-8-6-12(2)14(4)10-16;1-11-5-7-15(9-13(11)3)16-8-6-12(2)14(4)10-16;;;;/h5-10H,1-4H3;7-12H,1-6H3;5-10H,1-4H3;5-10H,1-4H3;5-10H,1-4H3;4*1H4. The van der Waals surface area contributed by atoms with Crippen molar-refractivity contribution in [3.63, 3.8) is 0 Å². The molecule has 0 radical (unpaired) electrons. The molecule has 0 bridgehead atoms. The fraction of sp³-hybridized carbons (Fsp3) is 0.333. The van der Waals surface area contributed by atoms with Crippen LogP contribution in [0.2, 0.25) is 0 Å². The van der Waals surface area contributed by atoms with E-state index in [0.29, 0.717) is 32.0 Å². The van der Waals surface area contributed by atoms with Crippen LogP contribution in [0.5, 0.6) is 11.5 Å². The fourth-order valence-electron chi connectivity index (χ4n) is 10.8. The minimum absolute atomic E-state index is 0. The SMILES string of the molecule is C.C.C.C.Cc1ccc(-c2ccc(C)c(C)c2)cc1C.Cc1ccc(C(C)(C)c2ccc(C)c(C)c2)cc1C.Cc1ccc(C(c2ccc(C)c(C)c2)(C(F)(F)F)C(F)(F)F)cc1C.Cc1ccc(Oc2ccc(C)c(C)c2)cc1C.Cc1ccc(S(=O)(=O)c2ccc(C)c(C)c2)cc1C. The number of alkyl halides is 6. The Kier molecular flexibility index (Phi) is 31.3. The molecule has 0 atom stereocenters. The Bertz CT molecular complexity index is 4250. The van der Waals surface area contributed by atoms with Gasteiger partial charge in [-0.1, -0.05) is 177 Å². The van der Waals surface area contributed by atoms with Crippen molar-refractivity contribution in [3.8, 4) is 22.6 Å². The Morgan fingerprint density at radius 3 is 0.700 bits per heavy atom. The van der Waals surface area contributed by atoms with Crippen LogP contribution in [0.15, 0.2) is 192 Å². The van der Waals surface area contributed by atoms with Crippen LogP contribution in [0.1, 0.15) is 177 Å². The zero-order valence-corrected chi connectivity index (χ0v) is 61.0. The molecule has 0 aromatic heterocycles. The number of hydrogen-bond donors (Lipinski definition) is 0. The minimum Gasteiger partial charge on any atom is -0.457 e. The Morgan fingerprint density at radius 2 is 0.460 bits per heavy atom. The lowest BCUT2D eigenvalue weighted by Crippen LogP contribution is -2.54. The van der Waals surface area contributed by atoms with Gasteiger partial charge in [-0.15, -0.1) is 0 Å². The molecule has 0 saturated carbocycles. The van der Waals surface area contributed by atoms with Crippen molar-refractivity contribution in [3.05, 3.63) is 316 Å². The lowest BCUT2D eigenvalue weighted by Gasteiger charge is -2.38. The number of halogens is 6. The number of aryl methyl sites for hydroxylation is 20. The van der Waals surface area contributed by atoms with Crippen molar-refractivity contribution >= 4 is 9.84 Å². The summed E-state index contributed by atoms with van der Waals surface area (Å²) < 4.78 is 115. The van der Waals surface area contributed by atoms with Gasteiger partial charge in [0, 0.05) is 5.41 Å². The van der Waals surface area contributed by atoms with Crippen molar-refractivity contribution in [2.75, 3.05) is 0 Å². The van der Waals surface area contributed by atoms with E-state index in [0.717, 1.165) is 58.0 Å². The van der Waals surface area contributed by atoms with Crippen molar-refractivity contribution in [1.82, 2.24) is 0 Å². The third-order valence-corrected chi connectivity index (χ3v) is 21.1. The molecule has 0 N–H and O–H groups in total. The average Bonchev–Trinajstić information content (AvgIpc) is 0.715. The van der Waals surface area contributed by atoms with E-state index in [1.165, 1.54) is 115 Å². The molecule has 0 aliphatic rings. The summed E-state index contributed by atoms with van der Waals surface area (Å²) in [6, 6.07) is 56.2. The van der Waals surface area contributed by atoms with E-state index < -0.39 is 38.7 Å². The molecule has 0 aliphatic carbocycles. The first-order chi connectivity index (χ1) is 44.6. The molecule has 0 saturated heterocycles. The molecular weight excluding hydrogens is 1280 g/mol. The number of rotatable bonds is 9. The van der Waals surface area contributed by atoms with Gasteiger partial charge < -0.3 is 4.74 Å². The van der Waals surface area contributed by atoms with E-state index in [4.69, 9.17) is 4.74 Å². The smallest absolute Gasteiger partial charge is 0.411 e. The van der Waals surface area contributed by atoms with Crippen molar-refractivity contribution in [2.24, 2.45) is 0 Å². The zero-order valence-electron chi connectivity index (χ0n) is 60.2. The maximum atomic E-state index is 14.0. The lowest BCUT2D eigenvalue weighted by atomic mass is 9.71. The first kappa shape index (κ1) is 87.6. The van der Waals surface area contributed by atoms with Crippen LogP contribution in [0.3, 0.4) is 0 Å². The maximum Gasteiger partial charge on any atom is 0.411 e. The van der Waals surface area contributed by atoms with Crippen LogP contribution < -0.4 is 4.74 Å². The van der Waals surface area contributed by atoms with Gasteiger partial charge in [-0.3, -0.25) is 0 Å². The number of ether oxygens (including phenoxy) is 1. The lowest BCUT2D eigenvalue weighted by molar-refractivity contribution is -0.288. The average molecular weight is 1390 g/mol. The summed E-state index contributed by atoms with van der Waals surface area (Å²) in [5.74, 6) is 1.80. The Labute approximate surface area is 599 Å². The Hall–Kier alpha value is -8.47. The molecule has 10 rings (SSSR count). The molecule has 0 amide bonds. The monoisotopic (exact) mass is 1390 g/mol. The van der Waals surface area contributed by atoms with E-state index in [1.807, 2.05) is 52.0 Å². The molecule has 0 fully saturated rings. The van der Waals surface area contributed by atoms with Gasteiger partial charge in [0.15, 0.2) is 0 Å². The van der Waals surface area contributed by atoms with Crippen LogP contribution in [0.4, 0.5) is 26.3 Å². The zero-order chi connectivity index (χ0) is 71.7. The molecule has 0 heterocycles. The van der Waals surface area contributed by atoms with E-state index in [2.05, 4.69) is 194 Å². The molecule has 0 unspecified atom stereocenters. The fourth-order valence-corrected chi connectivity index (χ4v) is 12.2. The molecule has 10 aromatic rings. The van der Waals surface area contributed by atoms with E-state index >= 15 is 0 Å². The summed E-state index contributed by atoms with van der Waals surface area (Å²) in [6.45, 7) is 44.4. The second kappa shape index (κ2) is 35.7. The van der Waals surface area contributed by atoms with Gasteiger partial charge in [0.2, 0.25) is 15.3 Å². The van der Waals surface area contributed by atoms with Gasteiger partial charge in [-0.25, -0.2) is 8.42 Å². The topological polar surface area (TPSA) is 43.4 Å². The first-order valence-electron chi connectivity index (χ1n) is 32.4. The second-order valence-corrected chi connectivity index (χ2v) is 28.7. The van der Waals surface area contributed by atoms with Crippen LogP contribution in [0, 0.1) is 138 Å². The molecule has 0 aliphatic heterocycles. The van der Waals surface area contributed by atoms with Crippen molar-refractivity contribution in [1.29, 1.82) is 0 Å². The van der Waals surface area contributed by atoms with Gasteiger partial charge in [-0.2, -0.15) is 26.3 Å². The largest absolute Gasteiger partial charge is 0.457 e. The van der Waals surface area contributed by atoms with E-state index in [9.17, 15) is 34.8 Å². The highest BCUT2D eigenvalue weighted by Gasteiger charge is 2.72.